The van der Waals surface area contributed by atoms with Gasteiger partial charge in [-0.25, -0.2) is 4.90 Å². The molecule has 2 rings (SSSR count). The van der Waals surface area contributed by atoms with Crippen LogP contribution in [0.15, 0.2) is 46.6 Å². The van der Waals surface area contributed by atoms with Crippen LogP contribution in [-0.4, -0.2) is 16.7 Å². The van der Waals surface area contributed by atoms with E-state index < -0.39 is 0 Å². The monoisotopic (exact) mass is 265 g/mol. The summed E-state index contributed by atoms with van der Waals surface area (Å²) in [5.74, 6) is -0.544. The number of imide groups is 1. The predicted molar refractivity (Wildman–Crippen MR) is 59.8 cm³/mol. The summed E-state index contributed by atoms with van der Waals surface area (Å²) in [6.45, 7) is 0. The van der Waals surface area contributed by atoms with E-state index in [-0.39, 0.29) is 11.8 Å². The summed E-state index contributed by atoms with van der Waals surface area (Å²) in [6.07, 6.45) is 10.5. The molecule has 0 atom stereocenters. The number of hydrogen-bond donors (Lipinski definition) is 0. The molecule has 1 heterocycles. The van der Waals surface area contributed by atoms with Crippen molar-refractivity contribution in [3.63, 3.8) is 0 Å². The highest BCUT2D eigenvalue weighted by Gasteiger charge is 2.26. The van der Waals surface area contributed by atoms with E-state index in [1.54, 1.807) is 6.08 Å². The van der Waals surface area contributed by atoms with Gasteiger partial charge in [0.2, 0.25) is 0 Å². The van der Waals surface area contributed by atoms with E-state index >= 15 is 0 Å². The van der Waals surface area contributed by atoms with Crippen LogP contribution in [0.5, 0.6) is 0 Å². The zero-order valence-electron chi connectivity index (χ0n) is 7.81. The summed E-state index contributed by atoms with van der Waals surface area (Å²) in [6, 6.07) is 0. The molecule has 0 aromatic carbocycles. The first kappa shape index (κ1) is 10.1. The molecule has 1 aliphatic carbocycles. The van der Waals surface area contributed by atoms with Crippen molar-refractivity contribution in [1.82, 2.24) is 4.90 Å². The molecule has 2 aliphatic rings. The number of rotatable bonds is 1. The van der Waals surface area contributed by atoms with Gasteiger partial charge >= 0.3 is 0 Å². The lowest BCUT2D eigenvalue weighted by atomic mass is 10.2. The van der Waals surface area contributed by atoms with Crippen LogP contribution in [0.2, 0.25) is 0 Å². The molecule has 0 fully saturated rings. The third-order valence-corrected chi connectivity index (χ3v) is 2.66. The molecule has 0 aromatic rings. The summed E-state index contributed by atoms with van der Waals surface area (Å²) in [5.41, 5.74) is 0.695. The van der Waals surface area contributed by atoms with Gasteiger partial charge < -0.3 is 0 Å². The first-order chi connectivity index (χ1) is 7.18. The van der Waals surface area contributed by atoms with Gasteiger partial charge in [0, 0.05) is 28.8 Å². The van der Waals surface area contributed by atoms with Gasteiger partial charge in [0.25, 0.3) is 11.8 Å². The van der Waals surface area contributed by atoms with Crippen LogP contribution >= 0.6 is 15.9 Å². The van der Waals surface area contributed by atoms with E-state index in [0.717, 1.165) is 4.48 Å². The second-order valence-electron chi connectivity index (χ2n) is 3.16. The summed E-state index contributed by atoms with van der Waals surface area (Å²) in [7, 11) is 0. The lowest BCUT2D eigenvalue weighted by Gasteiger charge is -2.15. The van der Waals surface area contributed by atoms with Crippen molar-refractivity contribution in [2.24, 2.45) is 0 Å². The quantitative estimate of drug-likeness (QED) is 0.681. The Bertz CT molecular complexity index is 426. The Morgan fingerprint density at radius 2 is 1.73 bits per heavy atom. The Hall–Kier alpha value is -1.42. The minimum absolute atomic E-state index is 0.272. The Balaban J connectivity index is 2.29. The fourth-order valence-corrected chi connectivity index (χ4v) is 1.76. The summed E-state index contributed by atoms with van der Waals surface area (Å²) in [4.78, 5) is 24.0. The fraction of sp³-hybridized carbons (Fsp3) is 0.0909. The van der Waals surface area contributed by atoms with Gasteiger partial charge in [0.05, 0.1) is 0 Å². The van der Waals surface area contributed by atoms with Crippen molar-refractivity contribution in [2.75, 3.05) is 0 Å². The normalized spacial score (nSPS) is 20.5. The van der Waals surface area contributed by atoms with Crippen molar-refractivity contribution in [3.05, 3.63) is 46.6 Å². The molecule has 2 amide bonds. The van der Waals surface area contributed by atoms with Crippen LogP contribution in [0.25, 0.3) is 0 Å². The van der Waals surface area contributed by atoms with Gasteiger partial charge in [-0.15, -0.1) is 0 Å². The smallest absolute Gasteiger partial charge is 0.257 e. The largest absolute Gasteiger partial charge is 0.269 e. The number of carbonyl (C=O) groups excluding carboxylic acids is 2. The molecule has 1 aliphatic heterocycles. The minimum atomic E-state index is -0.272. The Kier molecular flexibility index (Phi) is 2.68. The van der Waals surface area contributed by atoms with E-state index in [9.17, 15) is 9.59 Å². The SMILES string of the molecule is O=C1C=CC(=O)N1C1=CC=C(Br)C=CC1. The molecule has 0 bridgehead atoms. The van der Waals surface area contributed by atoms with E-state index in [4.69, 9.17) is 0 Å². The molecule has 3 nitrogen and oxygen atoms in total. The van der Waals surface area contributed by atoms with Gasteiger partial charge in [-0.2, -0.15) is 0 Å². The zero-order valence-corrected chi connectivity index (χ0v) is 9.40. The number of amides is 2. The summed E-state index contributed by atoms with van der Waals surface area (Å²) >= 11 is 3.33. The number of hydrogen-bond acceptors (Lipinski definition) is 2. The van der Waals surface area contributed by atoms with E-state index in [2.05, 4.69) is 15.9 Å². The van der Waals surface area contributed by atoms with Crippen molar-refractivity contribution < 1.29 is 9.59 Å². The van der Waals surface area contributed by atoms with Crippen LogP contribution in [0.1, 0.15) is 6.42 Å². The van der Waals surface area contributed by atoms with Crippen molar-refractivity contribution >= 4 is 27.7 Å². The molecule has 76 valence electrons. The molecule has 0 saturated carbocycles. The van der Waals surface area contributed by atoms with Gasteiger partial charge in [0.1, 0.15) is 0 Å². The molecule has 0 N–H and O–H groups in total. The molecular weight excluding hydrogens is 258 g/mol. The first-order valence-electron chi connectivity index (χ1n) is 4.47. The third kappa shape index (κ3) is 1.99. The van der Waals surface area contributed by atoms with Crippen LogP contribution in [-0.2, 0) is 9.59 Å². The molecule has 15 heavy (non-hydrogen) atoms. The maximum atomic E-state index is 11.4. The second-order valence-corrected chi connectivity index (χ2v) is 4.08. The third-order valence-electron chi connectivity index (χ3n) is 2.14. The highest BCUT2D eigenvalue weighted by atomic mass is 79.9. The lowest BCUT2D eigenvalue weighted by molar-refractivity contribution is -0.134. The van der Waals surface area contributed by atoms with Crippen molar-refractivity contribution in [1.29, 1.82) is 0 Å². The van der Waals surface area contributed by atoms with E-state index in [0.29, 0.717) is 12.1 Å². The molecule has 0 spiro atoms. The molecule has 0 radical (unpaired) electrons. The number of allylic oxidation sites excluding steroid dienone is 5. The molecule has 0 aromatic heterocycles. The van der Waals surface area contributed by atoms with E-state index in [1.165, 1.54) is 17.1 Å². The number of carbonyl (C=O) groups is 2. The van der Waals surface area contributed by atoms with Crippen molar-refractivity contribution in [3.8, 4) is 0 Å². The number of nitrogens with zero attached hydrogens (tertiary/aromatic N) is 1. The minimum Gasteiger partial charge on any atom is -0.269 e. The predicted octanol–water partition coefficient (Wildman–Crippen LogP) is 2.03. The summed E-state index contributed by atoms with van der Waals surface area (Å²) < 4.78 is 0.921. The standard InChI is InChI=1S/C11H8BrNO2/c12-8-2-1-3-9(5-4-8)13-10(14)6-7-11(13)15/h1-2,4-7H,3H2. The number of halogens is 1. The molecule has 0 saturated heterocycles. The van der Waals surface area contributed by atoms with Gasteiger partial charge in [-0.3, -0.25) is 9.59 Å². The second kappa shape index (κ2) is 3.98. The van der Waals surface area contributed by atoms with Gasteiger partial charge in [0.15, 0.2) is 0 Å². The van der Waals surface area contributed by atoms with Crippen LogP contribution in [0.3, 0.4) is 0 Å². The first-order valence-corrected chi connectivity index (χ1v) is 5.27. The average Bonchev–Trinajstić information content (AvgIpc) is 2.41. The average molecular weight is 266 g/mol. The maximum absolute atomic E-state index is 11.4. The van der Waals surface area contributed by atoms with Crippen LogP contribution in [0, 0.1) is 0 Å². The van der Waals surface area contributed by atoms with Crippen molar-refractivity contribution in [2.45, 2.75) is 6.42 Å². The highest BCUT2D eigenvalue weighted by molar-refractivity contribution is 9.11. The lowest BCUT2D eigenvalue weighted by Crippen LogP contribution is -2.28. The summed E-state index contributed by atoms with van der Waals surface area (Å²) in [5, 5.41) is 0. The van der Waals surface area contributed by atoms with Crippen LogP contribution < -0.4 is 0 Å². The van der Waals surface area contributed by atoms with Gasteiger partial charge in [-0.05, 0) is 12.2 Å². The molecule has 4 heteroatoms. The van der Waals surface area contributed by atoms with E-state index in [1.807, 2.05) is 18.2 Å². The zero-order chi connectivity index (χ0) is 10.8. The molecular formula is C11H8BrNO2. The fourth-order valence-electron chi connectivity index (χ4n) is 1.44. The highest BCUT2D eigenvalue weighted by Crippen LogP contribution is 2.21. The Labute approximate surface area is 95.6 Å². The van der Waals surface area contributed by atoms with Gasteiger partial charge in [-0.1, -0.05) is 28.1 Å². The maximum Gasteiger partial charge on any atom is 0.257 e. The molecule has 0 unspecified atom stereocenters. The Morgan fingerprint density at radius 3 is 2.40 bits per heavy atom. The Morgan fingerprint density at radius 1 is 1.07 bits per heavy atom. The topological polar surface area (TPSA) is 37.4 Å². The van der Waals surface area contributed by atoms with Crippen LogP contribution in [0.4, 0.5) is 0 Å².